The molecule has 0 spiro atoms. The number of sulfonamides is 1. The molecule has 0 aliphatic rings. The predicted molar refractivity (Wildman–Crippen MR) is 64.9 cm³/mol. The molecule has 0 saturated heterocycles. The van der Waals surface area contributed by atoms with Crippen molar-refractivity contribution >= 4 is 21.4 Å². The fourth-order valence-corrected chi connectivity index (χ4v) is 3.93. The van der Waals surface area contributed by atoms with Gasteiger partial charge in [-0.1, -0.05) is 13.8 Å². The molecule has 16 heavy (non-hydrogen) atoms. The summed E-state index contributed by atoms with van der Waals surface area (Å²) in [7, 11) is -3.42. The highest BCUT2D eigenvalue weighted by atomic mass is 32.2. The number of rotatable bonds is 6. The number of nitrogens with one attached hydrogen (secondary N) is 1. The van der Waals surface area contributed by atoms with Crippen LogP contribution < -0.4 is 4.72 Å². The lowest BCUT2D eigenvalue weighted by Crippen LogP contribution is -2.33. The van der Waals surface area contributed by atoms with Crippen molar-refractivity contribution in [1.82, 2.24) is 4.72 Å². The summed E-state index contributed by atoms with van der Waals surface area (Å²) in [5.74, 6) is 0. The molecule has 1 heterocycles. The number of thiophene rings is 1. The van der Waals surface area contributed by atoms with E-state index in [1.54, 1.807) is 5.38 Å². The molecule has 0 aromatic carbocycles. The van der Waals surface area contributed by atoms with E-state index in [2.05, 4.69) is 4.72 Å². The van der Waals surface area contributed by atoms with Crippen molar-refractivity contribution in [2.75, 3.05) is 0 Å². The molecule has 4 nitrogen and oxygen atoms in total. The van der Waals surface area contributed by atoms with Crippen LogP contribution in [0.15, 0.2) is 15.7 Å². The van der Waals surface area contributed by atoms with Crippen molar-refractivity contribution in [1.29, 1.82) is 0 Å². The van der Waals surface area contributed by atoms with Crippen LogP contribution in [0.3, 0.4) is 0 Å². The Morgan fingerprint density at radius 1 is 1.44 bits per heavy atom. The Balaban J connectivity index is 2.85. The van der Waals surface area contributed by atoms with Gasteiger partial charge in [-0.25, -0.2) is 13.1 Å². The maximum atomic E-state index is 11.9. The van der Waals surface area contributed by atoms with Crippen LogP contribution in [0, 0.1) is 0 Å². The topological polar surface area (TPSA) is 66.4 Å². The number of aliphatic hydroxyl groups is 1. The van der Waals surface area contributed by atoms with Crippen LogP contribution in [0.1, 0.15) is 32.3 Å². The first-order valence-corrected chi connectivity index (χ1v) is 7.60. The van der Waals surface area contributed by atoms with Gasteiger partial charge in [-0.15, -0.1) is 11.3 Å². The van der Waals surface area contributed by atoms with E-state index < -0.39 is 10.0 Å². The minimum absolute atomic E-state index is 0.0234. The van der Waals surface area contributed by atoms with Crippen molar-refractivity contribution in [3.8, 4) is 0 Å². The van der Waals surface area contributed by atoms with Crippen LogP contribution in [-0.4, -0.2) is 19.6 Å². The van der Waals surface area contributed by atoms with Gasteiger partial charge in [0.05, 0.1) is 6.61 Å². The lowest BCUT2D eigenvalue weighted by molar-refractivity contribution is 0.282. The van der Waals surface area contributed by atoms with Crippen molar-refractivity contribution in [2.24, 2.45) is 0 Å². The SMILES string of the molecule is CCC(CC)NS(=O)(=O)c1cc(CO)cs1. The summed E-state index contributed by atoms with van der Waals surface area (Å²) in [6, 6.07) is 1.49. The highest BCUT2D eigenvalue weighted by Gasteiger charge is 2.19. The summed E-state index contributed by atoms with van der Waals surface area (Å²) < 4.78 is 26.7. The minimum Gasteiger partial charge on any atom is -0.392 e. The van der Waals surface area contributed by atoms with E-state index >= 15 is 0 Å². The molecule has 0 unspecified atom stereocenters. The maximum Gasteiger partial charge on any atom is 0.250 e. The van der Waals surface area contributed by atoms with E-state index in [1.165, 1.54) is 6.07 Å². The highest BCUT2D eigenvalue weighted by molar-refractivity contribution is 7.91. The van der Waals surface area contributed by atoms with Crippen molar-refractivity contribution < 1.29 is 13.5 Å². The predicted octanol–water partition coefficient (Wildman–Crippen LogP) is 1.71. The monoisotopic (exact) mass is 263 g/mol. The van der Waals surface area contributed by atoms with Gasteiger partial charge in [-0.2, -0.15) is 0 Å². The van der Waals surface area contributed by atoms with E-state index in [4.69, 9.17) is 5.11 Å². The van der Waals surface area contributed by atoms with Crippen LogP contribution in [0.2, 0.25) is 0 Å². The Bertz CT molecular complexity index is 421. The highest BCUT2D eigenvalue weighted by Crippen LogP contribution is 2.20. The van der Waals surface area contributed by atoms with Crippen molar-refractivity contribution in [3.63, 3.8) is 0 Å². The molecule has 0 saturated carbocycles. The summed E-state index contributed by atoms with van der Waals surface area (Å²) in [4.78, 5) is 0. The Hall–Kier alpha value is -0.430. The summed E-state index contributed by atoms with van der Waals surface area (Å²) in [6.07, 6.45) is 1.54. The minimum atomic E-state index is -3.42. The zero-order valence-corrected chi connectivity index (χ0v) is 11.1. The van der Waals surface area contributed by atoms with Crippen molar-refractivity contribution in [2.45, 2.75) is 43.5 Å². The van der Waals surface area contributed by atoms with Crippen LogP contribution in [0.5, 0.6) is 0 Å². The van der Waals surface area contributed by atoms with E-state index in [9.17, 15) is 8.42 Å². The average Bonchev–Trinajstić information content (AvgIpc) is 2.75. The smallest absolute Gasteiger partial charge is 0.250 e. The van der Waals surface area contributed by atoms with Crippen LogP contribution in [-0.2, 0) is 16.6 Å². The third-order valence-corrected chi connectivity index (χ3v) is 5.39. The summed E-state index contributed by atoms with van der Waals surface area (Å²) in [6.45, 7) is 3.77. The number of hydrogen-bond donors (Lipinski definition) is 2. The first-order valence-electron chi connectivity index (χ1n) is 5.24. The molecule has 0 radical (unpaired) electrons. The molecule has 0 fully saturated rings. The first-order chi connectivity index (χ1) is 7.53. The van der Waals surface area contributed by atoms with E-state index in [-0.39, 0.29) is 16.9 Å². The fraction of sp³-hybridized carbons (Fsp3) is 0.600. The third-order valence-electron chi connectivity index (χ3n) is 2.38. The Kier molecular flexibility index (Phi) is 4.91. The normalized spacial score (nSPS) is 12.2. The van der Waals surface area contributed by atoms with Gasteiger partial charge in [0.25, 0.3) is 0 Å². The number of hydrogen-bond acceptors (Lipinski definition) is 4. The Labute approximate surface area is 100 Å². The average molecular weight is 263 g/mol. The molecule has 1 aromatic rings. The van der Waals surface area contributed by atoms with Gasteiger partial charge >= 0.3 is 0 Å². The molecule has 0 aliphatic heterocycles. The summed E-state index contributed by atoms with van der Waals surface area (Å²) in [5.41, 5.74) is 0.634. The third kappa shape index (κ3) is 3.28. The second kappa shape index (κ2) is 5.77. The van der Waals surface area contributed by atoms with Gasteiger partial charge in [0.1, 0.15) is 4.21 Å². The quantitative estimate of drug-likeness (QED) is 0.821. The van der Waals surface area contributed by atoms with Crippen LogP contribution in [0.4, 0.5) is 0 Å². The van der Waals surface area contributed by atoms with E-state index in [0.717, 1.165) is 24.2 Å². The molecular formula is C10H17NO3S2. The van der Waals surface area contributed by atoms with E-state index in [1.807, 2.05) is 13.8 Å². The molecule has 0 atom stereocenters. The van der Waals surface area contributed by atoms with E-state index in [0.29, 0.717) is 5.56 Å². The van der Waals surface area contributed by atoms with Gasteiger partial charge in [-0.3, -0.25) is 0 Å². The molecule has 0 aliphatic carbocycles. The molecule has 0 amide bonds. The standard InChI is InChI=1S/C10H17NO3S2/c1-3-9(4-2)11-16(13,14)10-5-8(6-12)7-15-10/h5,7,9,11-12H,3-4,6H2,1-2H3. The lowest BCUT2D eigenvalue weighted by Gasteiger charge is -2.13. The fourth-order valence-electron chi connectivity index (χ4n) is 1.31. The zero-order chi connectivity index (χ0) is 12.2. The van der Waals surface area contributed by atoms with Gasteiger partial charge < -0.3 is 5.11 Å². The second-order valence-corrected chi connectivity index (χ2v) is 6.42. The van der Waals surface area contributed by atoms with Crippen LogP contribution in [0.25, 0.3) is 0 Å². The number of aliphatic hydroxyl groups excluding tert-OH is 1. The van der Waals surface area contributed by atoms with Gasteiger partial charge in [0.15, 0.2) is 0 Å². The lowest BCUT2D eigenvalue weighted by atomic mass is 10.2. The molecule has 0 bridgehead atoms. The van der Waals surface area contributed by atoms with Crippen LogP contribution >= 0.6 is 11.3 Å². The maximum absolute atomic E-state index is 11.9. The Morgan fingerprint density at radius 2 is 2.06 bits per heavy atom. The zero-order valence-electron chi connectivity index (χ0n) is 9.43. The molecule has 1 rings (SSSR count). The first kappa shape index (κ1) is 13.6. The second-order valence-electron chi connectivity index (χ2n) is 3.57. The van der Waals surface area contributed by atoms with Gasteiger partial charge in [0, 0.05) is 6.04 Å². The molecule has 6 heteroatoms. The summed E-state index contributed by atoms with van der Waals surface area (Å²) in [5, 5.41) is 10.5. The van der Waals surface area contributed by atoms with Gasteiger partial charge in [0.2, 0.25) is 10.0 Å². The Morgan fingerprint density at radius 3 is 2.50 bits per heavy atom. The van der Waals surface area contributed by atoms with Gasteiger partial charge in [-0.05, 0) is 29.9 Å². The molecule has 92 valence electrons. The summed E-state index contributed by atoms with van der Waals surface area (Å²) >= 11 is 1.13. The van der Waals surface area contributed by atoms with Crippen molar-refractivity contribution in [3.05, 3.63) is 17.0 Å². The molecule has 2 N–H and O–H groups in total. The largest absolute Gasteiger partial charge is 0.392 e. The molecule has 1 aromatic heterocycles. The molecular weight excluding hydrogens is 246 g/mol.